The van der Waals surface area contributed by atoms with Crippen molar-refractivity contribution in [1.82, 2.24) is 9.88 Å². The van der Waals surface area contributed by atoms with E-state index >= 15 is 0 Å². The van der Waals surface area contributed by atoms with Crippen molar-refractivity contribution in [2.24, 2.45) is 0 Å². The number of carbonyl (C=O) groups excluding carboxylic acids is 1. The van der Waals surface area contributed by atoms with Gasteiger partial charge in [-0.2, -0.15) is 0 Å². The molecule has 0 unspecified atom stereocenters. The second-order valence-corrected chi connectivity index (χ2v) is 6.66. The number of aromatic nitrogens is 1. The third-order valence-corrected chi connectivity index (χ3v) is 4.82. The number of ether oxygens (including phenoxy) is 1. The number of amides is 1. The lowest BCUT2D eigenvalue weighted by Gasteiger charge is -2.29. The number of hydrogen-bond acceptors (Lipinski definition) is 3. The number of pyridine rings is 1. The number of carbonyl (C=O) groups is 1. The van der Waals surface area contributed by atoms with Gasteiger partial charge in [0.1, 0.15) is 5.75 Å². The summed E-state index contributed by atoms with van der Waals surface area (Å²) in [5.74, 6) is 0.661. The quantitative estimate of drug-likeness (QED) is 0.792. The van der Waals surface area contributed by atoms with Crippen LogP contribution in [-0.4, -0.2) is 28.9 Å². The van der Waals surface area contributed by atoms with Crippen LogP contribution in [0.15, 0.2) is 53.3 Å². The van der Waals surface area contributed by atoms with Gasteiger partial charge in [-0.05, 0) is 60.2 Å². The van der Waals surface area contributed by atoms with Crippen molar-refractivity contribution >= 4 is 16.8 Å². The van der Waals surface area contributed by atoms with Crippen LogP contribution in [-0.2, 0) is 17.8 Å². The van der Waals surface area contributed by atoms with Gasteiger partial charge in [0.05, 0.1) is 0 Å². The summed E-state index contributed by atoms with van der Waals surface area (Å²) in [6.07, 6.45) is 0.806. The predicted octanol–water partition coefficient (Wildman–Crippen LogP) is 2.80. The zero-order valence-electron chi connectivity index (χ0n) is 14.6. The Morgan fingerprint density at radius 2 is 1.96 bits per heavy atom. The molecule has 4 rings (SSSR count). The van der Waals surface area contributed by atoms with Crippen molar-refractivity contribution in [1.29, 1.82) is 0 Å². The lowest BCUT2D eigenvalue weighted by Crippen LogP contribution is -2.38. The van der Waals surface area contributed by atoms with Crippen molar-refractivity contribution < 1.29 is 9.53 Å². The Morgan fingerprint density at radius 1 is 1.15 bits per heavy atom. The highest BCUT2D eigenvalue weighted by molar-refractivity contribution is 5.82. The molecule has 2 aromatic carbocycles. The molecular formula is C21H20N2O3. The maximum atomic E-state index is 12.5. The highest BCUT2D eigenvalue weighted by atomic mass is 16.5. The van der Waals surface area contributed by atoms with E-state index < -0.39 is 0 Å². The number of rotatable bonds is 3. The molecule has 0 saturated heterocycles. The highest BCUT2D eigenvalue weighted by Gasteiger charge is 2.21. The Kier molecular flexibility index (Phi) is 4.21. The van der Waals surface area contributed by atoms with Crippen LogP contribution in [0.2, 0.25) is 0 Å². The minimum atomic E-state index is -0.0718. The average molecular weight is 348 g/mol. The summed E-state index contributed by atoms with van der Waals surface area (Å²) in [6.45, 7) is 3.06. The lowest BCUT2D eigenvalue weighted by molar-refractivity contribution is -0.134. The molecular weight excluding hydrogens is 328 g/mol. The van der Waals surface area contributed by atoms with Gasteiger partial charge in [-0.15, -0.1) is 0 Å². The first-order valence-corrected chi connectivity index (χ1v) is 8.71. The Labute approximate surface area is 151 Å². The molecule has 0 spiro atoms. The van der Waals surface area contributed by atoms with E-state index in [1.807, 2.05) is 54.3 Å². The minimum absolute atomic E-state index is 0.0306. The minimum Gasteiger partial charge on any atom is -0.484 e. The molecule has 0 radical (unpaired) electrons. The van der Waals surface area contributed by atoms with E-state index in [0.29, 0.717) is 24.4 Å². The van der Waals surface area contributed by atoms with Crippen molar-refractivity contribution in [3.8, 4) is 5.75 Å². The molecule has 0 saturated carbocycles. The fraction of sp³-hybridized carbons (Fsp3) is 0.238. The third kappa shape index (κ3) is 3.20. The summed E-state index contributed by atoms with van der Waals surface area (Å²) in [6, 6.07) is 15.4. The van der Waals surface area contributed by atoms with Gasteiger partial charge in [-0.3, -0.25) is 9.59 Å². The fourth-order valence-electron chi connectivity index (χ4n) is 3.34. The number of aryl methyl sites for hydroxylation is 1. The van der Waals surface area contributed by atoms with Gasteiger partial charge in [0.15, 0.2) is 6.61 Å². The lowest BCUT2D eigenvalue weighted by atomic mass is 9.97. The van der Waals surface area contributed by atoms with E-state index in [0.717, 1.165) is 22.9 Å². The van der Waals surface area contributed by atoms with Gasteiger partial charge in [-0.25, -0.2) is 0 Å². The zero-order chi connectivity index (χ0) is 18.1. The molecule has 0 aliphatic carbocycles. The van der Waals surface area contributed by atoms with E-state index in [1.165, 1.54) is 5.56 Å². The summed E-state index contributed by atoms with van der Waals surface area (Å²) in [7, 11) is 0. The van der Waals surface area contributed by atoms with Crippen molar-refractivity contribution in [3.63, 3.8) is 0 Å². The third-order valence-electron chi connectivity index (χ3n) is 4.82. The normalized spacial score (nSPS) is 13.5. The Hall–Kier alpha value is -3.08. The molecule has 5 nitrogen and oxygen atoms in total. The molecule has 1 aliphatic rings. The molecule has 1 aliphatic heterocycles. The van der Waals surface area contributed by atoms with Crippen LogP contribution in [0.5, 0.6) is 5.75 Å². The molecule has 5 heteroatoms. The number of H-pyrrole nitrogens is 1. The molecule has 2 heterocycles. The standard InChI is InChI=1S/C21H20N2O3/c1-14-9-16-10-15-7-8-23(12-17(15)11-19(16)22-21(14)25)20(24)13-26-18-5-3-2-4-6-18/h2-6,9-11H,7-8,12-13H2,1H3,(H,22,25). The van der Waals surface area contributed by atoms with Gasteiger partial charge in [0, 0.05) is 24.2 Å². The van der Waals surface area contributed by atoms with E-state index in [4.69, 9.17) is 4.74 Å². The van der Waals surface area contributed by atoms with Crippen molar-refractivity contribution in [2.45, 2.75) is 19.9 Å². The second kappa shape index (κ2) is 6.67. The molecule has 3 aromatic rings. The maximum absolute atomic E-state index is 12.5. The molecule has 132 valence electrons. The number of nitrogens with one attached hydrogen (secondary N) is 1. The van der Waals surface area contributed by atoms with Crippen LogP contribution < -0.4 is 10.3 Å². The molecule has 26 heavy (non-hydrogen) atoms. The van der Waals surface area contributed by atoms with Crippen molar-refractivity contribution in [2.75, 3.05) is 13.2 Å². The highest BCUT2D eigenvalue weighted by Crippen LogP contribution is 2.24. The number of nitrogens with zero attached hydrogens (tertiary/aromatic N) is 1. The van der Waals surface area contributed by atoms with Crippen LogP contribution in [0.25, 0.3) is 10.9 Å². The Balaban J connectivity index is 1.51. The van der Waals surface area contributed by atoms with Gasteiger partial charge < -0.3 is 14.6 Å². The van der Waals surface area contributed by atoms with E-state index in [1.54, 1.807) is 0 Å². The van der Waals surface area contributed by atoms with E-state index in [-0.39, 0.29) is 18.1 Å². The average Bonchev–Trinajstić information content (AvgIpc) is 2.66. The van der Waals surface area contributed by atoms with Crippen molar-refractivity contribution in [3.05, 3.63) is 75.6 Å². The van der Waals surface area contributed by atoms with Gasteiger partial charge in [0.2, 0.25) is 0 Å². The Bertz CT molecular complexity index is 1020. The van der Waals surface area contributed by atoms with Crippen LogP contribution in [0.3, 0.4) is 0 Å². The van der Waals surface area contributed by atoms with Crippen LogP contribution in [0.1, 0.15) is 16.7 Å². The summed E-state index contributed by atoms with van der Waals surface area (Å²) < 4.78 is 5.57. The first-order valence-electron chi connectivity index (χ1n) is 8.71. The Morgan fingerprint density at radius 3 is 2.77 bits per heavy atom. The molecule has 1 N–H and O–H groups in total. The number of benzene rings is 2. The van der Waals surface area contributed by atoms with Crippen LogP contribution >= 0.6 is 0 Å². The van der Waals surface area contributed by atoms with Crippen LogP contribution in [0.4, 0.5) is 0 Å². The monoisotopic (exact) mass is 348 g/mol. The maximum Gasteiger partial charge on any atom is 0.260 e. The predicted molar refractivity (Wildman–Crippen MR) is 100 cm³/mol. The molecule has 0 fully saturated rings. The van der Waals surface area contributed by atoms with Gasteiger partial charge >= 0.3 is 0 Å². The SMILES string of the molecule is Cc1cc2cc3c(cc2[nH]c1=O)CN(C(=O)COc1ccccc1)CC3. The number of para-hydroxylation sites is 1. The van der Waals surface area contributed by atoms with E-state index in [9.17, 15) is 9.59 Å². The largest absolute Gasteiger partial charge is 0.484 e. The summed E-state index contributed by atoms with van der Waals surface area (Å²) in [5.41, 5.74) is 3.77. The summed E-state index contributed by atoms with van der Waals surface area (Å²) in [5, 5.41) is 1.04. The number of fused-ring (bicyclic) bond motifs is 2. The molecule has 0 bridgehead atoms. The fourth-order valence-corrected chi connectivity index (χ4v) is 3.34. The van der Waals surface area contributed by atoms with Gasteiger partial charge in [0.25, 0.3) is 11.5 Å². The topological polar surface area (TPSA) is 62.4 Å². The smallest absolute Gasteiger partial charge is 0.260 e. The van der Waals surface area contributed by atoms with E-state index in [2.05, 4.69) is 11.1 Å². The first-order chi connectivity index (χ1) is 12.6. The zero-order valence-corrected chi connectivity index (χ0v) is 14.6. The number of aromatic amines is 1. The van der Waals surface area contributed by atoms with Gasteiger partial charge in [-0.1, -0.05) is 18.2 Å². The molecule has 0 atom stereocenters. The summed E-state index contributed by atoms with van der Waals surface area (Å²) >= 11 is 0. The van der Waals surface area contributed by atoms with Crippen LogP contribution in [0, 0.1) is 6.92 Å². The molecule has 1 amide bonds. The second-order valence-electron chi connectivity index (χ2n) is 6.66. The number of hydrogen-bond donors (Lipinski definition) is 1. The molecule has 1 aromatic heterocycles. The summed E-state index contributed by atoms with van der Waals surface area (Å²) in [4.78, 5) is 29.1. The first kappa shape index (κ1) is 16.4.